The van der Waals surface area contributed by atoms with Gasteiger partial charge in [0.2, 0.25) is 5.91 Å². The van der Waals surface area contributed by atoms with Gasteiger partial charge in [0.05, 0.1) is 5.25 Å². The summed E-state index contributed by atoms with van der Waals surface area (Å²) in [4.78, 5) is 25.5. The molecule has 0 saturated heterocycles. The Morgan fingerprint density at radius 2 is 2.00 bits per heavy atom. The first kappa shape index (κ1) is 17.9. The first-order valence-corrected chi connectivity index (χ1v) is 9.49. The number of nitrogens with zero attached hydrogens (tertiary/aromatic N) is 4. The molecule has 134 valence electrons. The van der Waals surface area contributed by atoms with Crippen molar-refractivity contribution >= 4 is 17.7 Å². The maximum atomic E-state index is 12.5. The number of rotatable bonds is 7. The highest BCUT2D eigenvalue weighted by atomic mass is 32.2. The molecule has 2 aromatic rings. The molecule has 0 radical (unpaired) electrons. The van der Waals surface area contributed by atoms with Crippen LogP contribution in [0.2, 0.25) is 0 Å². The summed E-state index contributed by atoms with van der Waals surface area (Å²) in [6, 6.07) is 1.93. The van der Waals surface area contributed by atoms with Gasteiger partial charge >= 0.3 is 0 Å². The Balaban J connectivity index is 1.52. The van der Waals surface area contributed by atoms with Crippen molar-refractivity contribution in [1.29, 1.82) is 0 Å². The number of carbonyl (C=O) groups excluding carboxylic acids is 1. The Morgan fingerprint density at radius 1 is 1.32 bits per heavy atom. The van der Waals surface area contributed by atoms with Crippen LogP contribution in [-0.4, -0.2) is 37.2 Å². The molecular weight excluding hydrogens is 334 g/mol. The maximum Gasteiger partial charge on any atom is 0.233 e. The Kier molecular flexibility index (Phi) is 5.13. The number of hydrogen-bond donors (Lipinski definition) is 1. The number of imidazole rings is 1. The molecule has 1 saturated carbocycles. The first-order valence-electron chi connectivity index (χ1n) is 8.61. The van der Waals surface area contributed by atoms with E-state index < -0.39 is 0 Å². The van der Waals surface area contributed by atoms with E-state index in [9.17, 15) is 4.79 Å². The van der Waals surface area contributed by atoms with E-state index in [1.54, 1.807) is 0 Å². The van der Waals surface area contributed by atoms with Crippen LogP contribution >= 0.6 is 11.8 Å². The lowest BCUT2D eigenvalue weighted by molar-refractivity contribution is -0.120. The summed E-state index contributed by atoms with van der Waals surface area (Å²) in [6.45, 7) is 9.43. The molecule has 6 nitrogen and oxygen atoms in total. The summed E-state index contributed by atoms with van der Waals surface area (Å²) < 4.78 is 2.17. The standard InChI is InChI=1S/C18H25N5OS/c1-12-9-13(2)22-17(21-12)25-14(3)16(24)20-10-18(5-6-18)11-23-8-7-19-15(23)4/h7-9,14H,5-6,10-11H2,1-4H3,(H,20,24)/t14-/m0/s1. The third-order valence-corrected chi connectivity index (χ3v) is 5.60. The second-order valence-corrected chi connectivity index (χ2v) is 8.32. The Labute approximate surface area is 152 Å². The minimum atomic E-state index is -0.216. The molecule has 1 fully saturated rings. The SMILES string of the molecule is Cc1cc(C)nc(S[C@@H](C)C(=O)NCC2(Cn3ccnc3C)CC2)n1. The van der Waals surface area contributed by atoms with Crippen LogP contribution in [0.1, 0.15) is 37.0 Å². The van der Waals surface area contributed by atoms with Crippen molar-refractivity contribution in [2.24, 2.45) is 5.41 Å². The van der Waals surface area contributed by atoms with Crippen molar-refractivity contribution in [2.75, 3.05) is 6.54 Å². The molecule has 0 aliphatic heterocycles. The van der Waals surface area contributed by atoms with Gasteiger partial charge in [0, 0.05) is 42.3 Å². The summed E-state index contributed by atoms with van der Waals surface area (Å²) >= 11 is 1.41. The molecule has 0 bridgehead atoms. The number of aryl methyl sites for hydroxylation is 3. The quantitative estimate of drug-likeness (QED) is 0.608. The number of aromatic nitrogens is 4. The van der Waals surface area contributed by atoms with E-state index in [0.717, 1.165) is 36.6 Å². The molecule has 0 unspecified atom stereocenters. The molecule has 1 N–H and O–H groups in total. The summed E-state index contributed by atoms with van der Waals surface area (Å²) in [5.41, 5.74) is 2.03. The van der Waals surface area contributed by atoms with Gasteiger partial charge < -0.3 is 9.88 Å². The smallest absolute Gasteiger partial charge is 0.233 e. The number of thioether (sulfide) groups is 1. The first-order chi connectivity index (χ1) is 11.9. The average Bonchev–Trinajstić information content (AvgIpc) is 3.19. The lowest BCUT2D eigenvalue weighted by Gasteiger charge is -2.19. The zero-order valence-electron chi connectivity index (χ0n) is 15.2. The van der Waals surface area contributed by atoms with Crippen molar-refractivity contribution in [3.8, 4) is 0 Å². The van der Waals surface area contributed by atoms with Gasteiger partial charge in [0.15, 0.2) is 5.16 Å². The molecule has 0 spiro atoms. The van der Waals surface area contributed by atoms with Crippen LogP contribution in [-0.2, 0) is 11.3 Å². The molecule has 0 aromatic carbocycles. The fourth-order valence-corrected chi connectivity index (χ4v) is 3.78. The normalized spacial score (nSPS) is 16.5. The van der Waals surface area contributed by atoms with Crippen molar-refractivity contribution in [3.63, 3.8) is 0 Å². The molecule has 1 atom stereocenters. The Bertz CT molecular complexity index is 748. The van der Waals surface area contributed by atoms with E-state index in [1.165, 1.54) is 11.8 Å². The minimum absolute atomic E-state index is 0.0430. The van der Waals surface area contributed by atoms with Crippen molar-refractivity contribution < 1.29 is 4.79 Å². The molecule has 7 heteroatoms. The van der Waals surface area contributed by atoms with Gasteiger partial charge in [-0.15, -0.1) is 0 Å². The Hall–Kier alpha value is -1.89. The molecule has 2 aromatic heterocycles. The van der Waals surface area contributed by atoms with Gasteiger partial charge in [-0.2, -0.15) is 0 Å². The fourth-order valence-electron chi connectivity index (χ4n) is 2.88. The van der Waals surface area contributed by atoms with Crippen molar-refractivity contribution in [2.45, 2.75) is 57.5 Å². The zero-order chi connectivity index (χ0) is 18.0. The van der Waals surface area contributed by atoms with E-state index in [0.29, 0.717) is 11.7 Å². The highest BCUT2D eigenvalue weighted by Crippen LogP contribution is 2.46. The number of carbonyl (C=O) groups is 1. The minimum Gasteiger partial charge on any atom is -0.355 e. The summed E-state index contributed by atoms with van der Waals surface area (Å²) in [5, 5.41) is 3.56. The molecule has 1 aliphatic rings. The average molecular weight is 359 g/mol. The molecular formula is C18H25N5OS. The van der Waals surface area contributed by atoms with Gasteiger partial charge in [0.1, 0.15) is 5.82 Å². The topological polar surface area (TPSA) is 72.7 Å². The van der Waals surface area contributed by atoms with Crippen LogP contribution in [0.15, 0.2) is 23.6 Å². The van der Waals surface area contributed by atoms with Crippen molar-refractivity contribution in [3.05, 3.63) is 35.7 Å². The van der Waals surface area contributed by atoms with Crippen molar-refractivity contribution in [1.82, 2.24) is 24.8 Å². The fraction of sp³-hybridized carbons (Fsp3) is 0.556. The zero-order valence-corrected chi connectivity index (χ0v) is 16.1. The largest absolute Gasteiger partial charge is 0.355 e. The molecule has 3 rings (SSSR count). The third kappa shape index (κ3) is 4.60. The lowest BCUT2D eigenvalue weighted by Crippen LogP contribution is -2.36. The monoisotopic (exact) mass is 359 g/mol. The van der Waals surface area contributed by atoms with Gasteiger partial charge in [-0.05, 0) is 46.6 Å². The highest BCUT2D eigenvalue weighted by Gasteiger charge is 2.43. The molecule has 25 heavy (non-hydrogen) atoms. The van der Waals surface area contributed by atoms with E-state index >= 15 is 0 Å². The van der Waals surface area contributed by atoms with Gasteiger partial charge in [-0.3, -0.25) is 4.79 Å². The number of nitrogens with one attached hydrogen (secondary N) is 1. The predicted octanol–water partition coefficient (Wildman–Crippen LogP) is 2.68. The van der Waals surface area contributed by atoms with Crippen LogP contribution in [0.25, 0.3) is 0 Å². The van der Waals surface area contributed by atoms with Crippen LogP contribution in [0, 0.1) is 26.2 Å². The highest BCUT2D eigenvalue weighted by molar-refractivity contribution is 8.00. The van der Waals surface area contributed by atoms with Gasteiger partial charge in [0.25, 0.3) is 0 Å². The van der Waals surface area contributed by atoms with Gasteiger partial charge in [-0.25, -0.2) is 15.0 Å². The van der Waals surface area contributed by atoms with E-state index in [2.05, 4.69) is 24.8 Å². The lowest BCUT2D eigenvalue weighted by atomic mass is 10.1. The second kappa shape index (κ2) is 7.15. The molecule has 1 aliphatic carbocycles. The summed E-state index contributed by atoms with van der Waals surface area (Å²) in [7, 11) is 0. The van der Waals surface area contributed by atoms with E-state index in [-0.39, 0.29) is 16.6 Å². The number of amides is 1. The molecule has 1 amide bonds. The van der Waals surface area contributed by atoms with E-state index in [1.807, 2.05) is 46.2 Å². The third-order valence-electron chi connectivity index (χ3n) is 4.64. The van der Waals surface area contributed by atoms with Crippen LogP contribution < -0.4 is 5.32 Å². The van der Waals surface area contributed by atoms with Crippen LogP contribution in [0.3, 0.4) is 0 Å². The van der Waals surface area contributed by atoms with E-state index in [4.69, 9.17) is 0 Å². The summed E-state index contributed by atoms with van der Waals surface area (Å²) in [6.07, 6.45) is 6.12. The second-order valence-electron chi connectivity index (χ2n) is 7.01. The predicted molar refractivity (Wildman–Crippen MR) is 98.5 cm³/mol. The summed E-state index contributed by atoms with van der Waals surface area (Å²) in [5.74, 6) is 1.06. The van der Waals surface area contributed by atoms with Gasteiger partial charge in [-0.1, -0.05) is 11.8 Å². The van der Waals surface area contributed by atoms with Crippen LogP contribution in [0.4, 0.5) is 0 Å². The molecule has 2 heterocycles. The maximum absolute atomic E-state index is 12.5. The van der Waals surface area contributed by atoms with Crippen LogP contribution in [0.5, 0.6) is 0 Å². The number of hydrogen-bond acceptors (Lipinski definition) is 5. The Morgan fingerprint density at radius 3 is 2.56 bits per heavy atom.